The molecule has 0 aliphatic heterocycles. The van der Waals surface area contributed by atoms with E-state index in [4.69, 9.17) is 10.8 Å². The number of hydrogen-bond acceptors (Lipinski definition) is 4. The number of rotatable bonds is 4. The fourth-order valence-corrected chi connectivity index (χ4v) is 1.58. The van der Waals surface area contributed by atoms with E-state index in [1.165, 1.54) is 0 Å². The second kappa shape index (κ2) is 5.81. The van der Waals surface area contributed by atoms with Crippen LogP contribution in [-0.4, -0.2) is 28.6 Å². The van der Waals surface area contributed by atoms with Crippen LogP contribution in [0.2, 0.25) is 0 Å². The van der Waals surface area contributed by atoms with Crippen LogP contribution in [0, 0.1) is 0 Å². The highest BCUT2D eigenvalue weighted by molar-refractivity contribution is 9.10. The fraction of sp³-hybridized carbons (Fsp3) is 0.400. The number of carbonyl (C=O) groups excluding carboxylic acids is 1. The number of aliphatic hydroxyl groups is 1. The van der Waals surface area contributed by atoms with Crippen molar-refractivity contribution in [2.75, 3.05) is 12.3 Å². The van der Waals surface area contributed by atoms with Gasteiger partial charge in [-0.15, -0.1) is 0 Å². The molecule has 0 aliphatic rings. The summed E-state index contributed by atoms with van der Waals surface area (Å²) in [5, 5.41) is 11.4. The van der Waals surface area contributed by atoms with Gasteiger partial charge in [0.15, 0.2) is 0 Å². The molecule has 1 aromatic rings. The molecule has 1 rings (SSSR count). The number of nitrogens with zero attached hydrogens (tertiary/aromatic N) is 1. The van der Waals surface area contributed by atoms with E-state index in [0.717, 1.165) is 0 Å². The van der Waals surface area contributed by atoms with Crippen LogP contribution in [0.25, 0.3) is 0 Å². The highest BCUT2D eigenvalue weighted by Gasteiger charge is 2.14. The zero-order valence-electron chi connectivity index (χ0n) is 8.90. The van der Waals surface area contributed by atoms with Crippen LogP contribution in [0.15, 0.2) is 16.6 Å². The molecule has 1 aromatic heterocycles. The van der Waals surface area contributed by atoms with Crippen molar-refractivity contribution in [1.82, 2.24) is 10.3 Å². The van der Waals surface area contributed by atoms with E-state index < -0.39 is 0 Å². The molecule has 5 nitrogen and oxygen atoms in total. The molecule has 0 aliphatic carbocycles. The first-order valence-corrected chi connectivity index (χ1v) is 5.67. The molecule has 0 spiro atoms. The van der Waals surface area contributed by atoms with Crippen LogP contribution in [-0.2, 0) is 0 Å². The van der Waals surface area contributed by atoms with Gasteiger partial charge in [-0.1, -0.05) is 0 Å². The van der Waals surface area contributed by atoms with Gasteiger partial charge in [0, 0.05) is 17.1 Å². The van der Waals surface area contributed by atoms with Gasteiger partial charge in [0.05, 0.1) is 0 Å². The van der Waals surface area contributed by atoms with Gasteiger partial charge in [-0.3, -0.25) is 4.79 Å². The number of aromatic nitrogens is 1. The topological polar surface area (TPSA) is 88.2 Å². The largest absolute Gasteiger partial charge is 0.396 e. The Morgan fingerprint density at radius 3 is 3.00 bits per heavy atom. The predicted molar refractivity (Wildman–Crippen MR) is 65.0 cm³/mol. The first-order valence-electron chi connectivity index (χ1n) is 4.88. The maximum atomic E-state index is 11.8. The first-order chi connectivity index (χ1) is 7.54. The van der Waals surface area contributed by atoms with Crippen molar-refractivity contribution in [3.05, 3.63) is 22.3 Å². The van der Waals surface area contributed by atoms with Crippen LogP contribution < -0.4 is 11.1 Å². The van der Waals surface area contributed by atoms with Crippen molar-refractivity contribution in [1.29, 1.82) is 0 Å². The summed E-state index contributed by atoms with van der Waals surface area (Å²) in [5.41, 5.74) is 5.76. The molecule has 0 radical (unpaired) electrons. The van der Waals surface area contributed by atoms with E-state index in [-0.39, 0.29) is 24.2 Å². The lowest BCUT2D eigenvalue weighted by molar-refractivity contribution is 0.0928. The van der Waals surface area contributed by atoms with Crippen LogP contribution in [0.3, 0.4) is 0 Å². The second-order valence-electron chi connectivity index (χ2n) is 3.45. The molecule has 1 unspecified atom stereocenters. The number of carbonyl (C=O) groups is 1. The molecule has 1 heterocycles. The minimum Gasteiger partial charge on any atom is -0.396 e. The molecule has 0 saturated heterocycles. The predicted octanol–water partition coefficient (Wildman–Crippen LogP) is 0.927. The lowest BCUT2D eigenvalue weighted by atomic mass is 10.2. The number of aliphatic hydroxyl groups excluding tert-OH is 1. The maximum Gasteiger partial charge on any atom is 0.271 e. The number of anilines is 1. The zero-order valence-corrected chi connectivity index (χ0v) is 10.5. The van der Waals surface area contributed by atoms with Crippen LogP contribution in [0.4, 0.5) is 5.82 Å². The number of nitrogen functional groups attached to an aromatic ring is 1. The fourth-order valence-electron chi connectivity index (χ4n) is 1.17. The third-order valence-electron chi connectivity index (χ3n) is 2.02. The molecule has 0 saturated carbocycles. The summed E-state index contributed by atoms with van der Waals surface area (Å²) >= 11 is 3.23. The standard InChI is InChI=1S/C10H14BrN3O2/c1-6(4-5-15)13-10(16)9-7(11)2-3-8(12)14-9/h2-3,6,15H,4-5H2,1H3,(H2,12,14)(H,13,16). The summed E-state index contributed by atoms with van der Waals surface area (Å²) in [5.74, 6) is -0.0108. The van der Waals surface area contributed by atoms with Gasteiger partial charge in [0.25, 0.3) is 5.91 Å². The summed E-state index contributed by atoms with van der Waals surface area (Å²) in [6.07, 6.45) is 0.506. The van der Waals surface area contributed by atoms with Crippen molar-refractivity contribution in [3.63, 3.8) is 0 Å². The zero-order chi connectivity index (χ0) is 12.1. The van der Waals surface area contributed by atoms with E-state index in [1.807, 2.05) is 6.92 Å². The Morgan fingerprint density at radius 1 is 1.69 bits per heavy atom. The Balaban J connectivity index is 2.76. The van der Waals surface area contributed by atoms with Crippen LogP contribution >= 0.6 is 15.9 Å². The van der Waals surface area contributed by atoms with E-state index in [1.54, 1.807) is 12.1 Å². The maximum absolute atomic E-state index is 11.8. The van der Waals surface area contributed by atoms with Gasteiger partial charge in [0.2, 0.25) is 0 Å². The van der Waals surface area contributed by atoms with Crippen LogP contribution in [0.5, 0.6) is 0 Å². The Kier molecular flexibility index (Phi) is 4.70. The van der Waals surface area contributed by atoms with Crippen molar-refractivity contribution in [2.45, 2.75) is 19.4 Å². The highest BCUT2D eigenvalue weighted by atomic mass is 79.9. The Bertz CT molecular complexity index is 384. The second-order valence-corrected chi connectivity index (χ2v) is 4.31. The van der Waals surface area contributed by atoms with Crippen molar-refractivity contribution in [2.24, 2.45) is 0 Å². The number of pyridine rings is 1. The molecule has 16 heavy (non-hydrogen) atoms. The van der Waals surface area contributed by atoms with Crippen molar-refractivity contribution >= 4 is 27.7 Å². The molecule has 0 aromatic carbocycles. The minimum absolute atomic E-state index is 0.0347. The van der Waals surface area contributed by atoms with E-state index in [9.17, 15) is 4.79 Å². The molecule has 6 heteroatoms. The van der Waals surface area contributed by atoms with Gasteiger partial charge in [0.1, 0.15) is 11.5 Å². The minimum atomic E-state index is -0.305. The average Bonchev–Trinajstić information content (AvgIpc) is 2.21. The molecule has 0 fully saturated rings. The molecular weight excluding hydrogens is 274 g/mol. The Hall–Kier alpha value is -1.14. The monoisotopic (exact) mass is 287 g/mol. The van der Waals surface area contributed by atoms with Gasteiger partial charge in [-0.25, -0.2) is 4.98 Å². The summed E-state index contributed by atoms with van der Waals surface area (Å²) in [6, 6.07) is 3.18. The Labute approximate surface area is 102 Å². The number of hydrogen-bond donors (Lipinski definition) is 3. The third kappa shape index (κ3) is 3.46. The van der Waals surface area contributed by atoms with Crippen LogP contribution in [0.1, 0.15) is 23.8 Å². The number of nitrogens with two attached hydrogens (primary N) is 1. The molecule has 4 N–H and O–H groups in total. The summed E-state index contributed by atoms with van der Waals surface area (Å²) in [4.78, 5) is 15.7. The molecule has 88 valence electrons. The summed E-state index contributed by atoms with van der Waals surface area (Å²) in [6.45, 7) is 1.85. The quantitative estimate of drug-likeness (QED) is 0.769. The van der Waals surface area contributed by atoms with E-state index in [2.05, 4.69) is 26.2 Å². The number of nitrogens with one attached hydrogen (secondary N) is 1. The van der Waals surface area contributed by atoms with Crippen molar-refractivity contribution < 1.29 is 9.90 Å². The Morgan fingerprint density at radius 2 is 2.38 bits per heavy atom. The summed E-state index contributed by atoms with van der Waals surface area (Å²) in [7, 11) is 0. The lowest BCUT2D eigenvalue weighted by Gasteiger charge is -2.12. The molecular formula is C10H14BrN3O2. The van der Waals surface area contributed by atoms with Gasteiger partial charge < -0.3 is 16.2 Å². The SMILES string of the molecule is CC(CCO)NC(=O)c1nc(N)ccc1Br. The van der Waals surface area contributed by atoms with E-state index >= 15 is 0 Å². The lowest BCUT2D eigenvalue weighted by Crippen LogP contribution is -2.34. The van der Waals surface area contributed by atoms with Gasteiger partial charge >= 0.3 is 0 Å². The smallest absolute Gasteiger partial charge is 0.271 e. The summed E-state index contributed by atoms with van der Waals surface area (Å²) < 4.78 is 0.593. The number of halogens is 1. The van der Waals surface area contributed by atoms with E-state index in [0.29, 0.717) is 16.7 Å². The first kappa shape index (κ1) is 12.9. The molecule has 0 bridgehead atoms. The average molecular weight is 288 g/mol. The van der Waals surface area contributed by atoms with Gasteiger partial charge in [-0.05, 0) is 41.4 Å². The number of amides is 1. The van der Waals surface area contributed by atoms with Crippen molar-refractivity contribution in [3.8, 4) is 0 Å². The molecule has 1 atom stereocenters. The molecule has 1 amide bonds. The normalized spacial score (nSPS) is 12.2. The highest BCUT2D eigenvalue weighted by Crippen LogP contribution is 2.16. The third-order valence-corrected chi connectivity index (χ3v) is 2.66. The van der Waals surface area contributed by atoms with Gasteiger partial charge in [-0.2, -0.15) is 0 Å².